The monoisotopic (exact) mass is 237 g/mol. The molecule has 2 rings (SSSR count). The first-order valence-corrected chi connectivity index (χ1v) is 6.75. The zero-order valence-electron chi connectivity index (χ0n) is 9.60. The fourth-order valence-electron chi connectivity index (χ4n) is 2.09. The number of thioether (sulfide) groups is 1. The molecule has 3 N–H and O–H groups in total. The summed E-state index contributed by atoms with van der Waals surface area (Å²) in [5.41, 5.74) is 7.02. The first-order valence-electron chi connectivity index (χ1n) is 5.87. The third-order valence-corrected chi connectivity index (χ3v) is 4.47. The van der Waals surface area contributed by atoms with Gasteiger partial charge in [0.15, 0.2) is 0 Å². The Kier molecular flexibility index (Phi) is 3.90. The molecule has 16 heavy (non-hydrogen) atoms. The Morgan fingerprint density at radius 3 is 2.88 bits per heavy atom. The van der Waals surface area contributed by atoms with E-state index in [1.165, 1.54) is 4.90 Å². The molecule has 3 heteroatoms. The minimum absolute atomic E-state index is 0.0778. The van der Waals surface area contributed by atoms with Gasteiger partial charge in [0, 0.05) is 16.2 Å². The van der Waals surface area contributed by atoms with Crippen LogP contribution in [0.25, 0.3) is 0 Å². The highest BCUT2D eigenvalue weighted by molar-refractivity contribution is 8.00. The lowest BCUT2D eigenvalue weighted by Crippen LogP contribution is -2.14. The Hall–Kier alpha value is -0.510. The summed E-state index contributed by atoms with van der Waals surface area (Å²) in [6, 6.07) is 8.42. The smallest absolute Gasteiger partial charge is 0.0662 e. The number of rotatable bonds is 3. The molecule has 3 unspecified atom stereocenters. The number of benzene rings is 1. The molecule has 3 atom stereocenters. The quantitative estimate of drug-likeness (QED) is 0.849. The minimum atomic E-state index is -0.135. The first-order chi connectivity index (χ1) is 7.66. The van der Waals surface area contributed by atoms with Crippen LogP contribution in [-0.4, -0.2) is 16.5 Å². The van der Waals surface area contributed by atoms with Crippen molar-refractivity contribution in [3.05, 3.63) is 29.8 Å². The van der Waals surface area contributed by atoms with Gasteiger partial charge in [-0.25, -0.2) is 0 Å². The molecular formula is C13H19NOS. The molecule has 2 nitrogen and oxygen atoms in total. The Balaban J connectivity index is 2.06. The molecule has 0 bridgehead atoms. The second kappa shape index (κ2) is 5.21. The summed E-state index contributed by atoms with van der Waals surface area (Å²) < 4.78 is 0. The summed E-state index contributed by atoms with van der Waals surface area (Å²) >= 11 is 1.79. The number of aliphatic hydroxyl groups excluding tert-OH is 1. The van der Waals surface area contributed by atoms with Crippen molar-refractivity contribution in [1.82, 2.24) is 0 Å². The van der Waals surface area contributed by atoms with Gasteiger partial charge in [-0.15, -0.1) is 11.8 Å². The van der Waals surface area contributed by atoms with Crippen LogP contribution in [0, 0.1) is 0 Å². The molecule has 0 amide bonds. The third kappa shape index (κ3) is 2.78. The minimum Gasteiger partial charge on any atom is -0.392 e. The van der Waals surface area contributed by atoms with Crippen molar-refractivity contribution in [1.29, 1.82) is 0 Å². The van der Waals surface area contributed by atoms with Crippen molar-refractivity contribution in [3.63, 3.8) is 0 Å². The highest BCUT2D eigenvalue weighted by atomic mass is 32.2. The van der Waals surface area contributed by atoms with Gasteiger partial charge in [0.2, 0.25) is 0 Å². The summed E-state index contributed by atoms with van der Waals surface area (Å²) in [4.78, 5) is 1.22. The average Bonchev–Trinajstić information content (AvgIpc) is 2.65. The van der Waals surface area contributed by atoms with Gasteiger partial charge in [-0.1, -0.05) is 12.1 Å². The van der Waals surface area contributed by atoms with Crippen molar-refractivity contribution in [3.8, 4) is 0 Å². The number of hydrogen-bond acceptors (Lipinski definition) is 3. The summed E-state index contributed by atoms with van der Waals surface area (Å²) in [5, 5.41) is 10.1. The molecule has 0 spiro atoms. The van der Waals surface area contributed by atoms with Gasteiger partial charge in [-0.05, 0) is 43.9 Å². The van der Waals surface area contributed by atoms with E-state index in [9.17, 15) is 5.11 Å². The Morgan fingerprint density at radius 2 is 2.25 bits per heavy atom. The molecule has 1 aliphatic rings. The zero-order valence-corrected chi connectivity index (χ0v) is 10.4. The standard InChI is InChI=1S/C13H19NOS/c1-9(14)10-4-2-5-11(8-10)16-13-7-3-6-12(13)15/h2,4-5,8-9,12-13,15H,3,6-7,14H2,1H3. The van der Waals surface area contributed by atoms with E-state index >= 15 is 0 Å². The Bertz CT molecular complexity index is 354. The summed E-state index contributed by atoms with van der Waals surface area (Å²) in [6.45, 7) is 1.99. The van der Waals surface area contributed by atoms with E-state index in [1.54, 1.807) is 11.8 Å². The lowest BCUT2D eigenvalue weighted by molar-refractivity contribution is 0.188. The number of nitrogens with two attached hydrogens (primary N) is 1. The van der Waals surface area contributed by atoms with Crippen LogP contribution in [0.15, 0.2) is 29.2 Å². The van der Waals surface area contributed by atoms with Crippen LogP contribution >= 0.6 is 11.8 Å². The normalized spacial score (nSPS) is 26.9. The fraction of sp³-hybridized carbons (Fsp3) is 0.538. The SMILES string of the molecule is CC(N)c1cccc(SC2CCCC2O)c1. The second-order valence-electron chi connectivity index (χ2n) is 4.52. The molecular weight excluding hydrogens is 218 g/mol. The van der Waals surface area contributed by atoms with E-state index in [2.05, 4.69) is 18.2 Å². The van der Waals surface area contributed by atoms with Gasteiger partial charge in [-0.3, -0.25) is 0 Å². The molecule has 1 aromatic carbocycles. The lowest BCUT2D eigenvalue weighted by Gasteiger charge is -2.15. The van der Waals surface area contributed by atoms with Gasteiger partial charge >= 0.3 is 0 Å². The van der Waals surface area contributed by atoms with E-state index in [4.69, 9.17) is 5.73 Å². The van der Waals surface area contributed by atoms with Crippen molar-refractivity contribution < 1.29 is 5.11 Å². The average molecular weight is 237 g/mol. The highest BCUT2D eigenvalue weighted by Crippen LogP contribution is 2.35. The van der Waals surface area contributed by atoms with Gasteiger partial charge < -0.3 is 10.8 Å². The molecule has 0 radical (unpaired) electrons. The Labute approximate surface area is 101 Å². The molecule has 0 saturated heterocycles. The van der Waals surface area contributed by atoms with Gasteiger partial charge in [0.1, 0.15) is 0 Å². The molecule has 88 valence electrons. The topological polar surface area (TPSA) is 46.2 Å². The number of aliphatic hydroxyl groups is 1. The lowest BCUT2D eigenvalue weighted by atomic mass is 10.1. The maximum Gasteiger partial charge on any atom is 0.0662 e. The first kappa shape index (κ1) is 12.0. The van der Waals surface area contributed by atoms with Crippen LogP contribution in [0.1, 0.15) is 37.8 Å². The van der Waals surface area contributed by atoms with E-state index in [0.717, 1.165) is 24.8 Å². The van der Waals surface area contributed by atoms with Crippen molar-refractivity contribution in [2.45, 2.75) is 48.5 Å². The van der Waals surface area contributed by atoms with E-state index < -0.39 is 0 Å². The van der Waals surface area contributed by atoms with Crippen molar-refractivity contribution in [2.75, 3.05) is 0 Å². The van der Waals surface area contributed by atoms with Crippen LogP contribution in [0.2, 0.25) is 0 Å². The van der Waals surface area contributed by atoms with Gasteiger partial charge in [0.25, 0.3) is 0 Å². The predicted molar refractivity (Wildman–Crippen MR) is 68.5 cm³/mol. The fourth-order valence-corrected chi connectivity index (χ4v) is 3.38. The van der Waals surface area contributed by atoms with Crippen LogP contribution in [0.4, 0.5) is 0 Å². The maximum atomic E-state index is 9.78. The van der Waals surface area contributed by atoms with Crippen LogP contribution in [0.3, 0.4) is 0 Å². The molecule has 0 aliphatic heterocycles. The van der Waals surface area contributed by atoms with Gasteiger partial charge in [0.05, 0.1) is 6.10 Å². The Morgan fingerprint density at radius 1 is 1.44 bits per heavy atom. The number of hydrogen-bond donors (Lipinski definition) is 2. The van der Waals surface area contributed by atoms with E-state index in [1.807, 2.05) is 13.0 Å². The summed E-state index contributed by atoms with van der Waals surface area (Å²) in [5.74, 6) is 0. The second-order valence-corrected chi connectivity index (χ2v) is 5.83. The molecule has 1 aromatic rings. The summed E-state index contributed by atoms with van der Waals surface area (Å²) in [6.07, 6.45) is 3.08. The molecule has 1 aliphatic carbocycles. The van der Waals surface area contributed by atoms with Crippen LogP contribution in [-0.2, 0) is 0 Å². The molecule has 0 heterocycles. The largest absolute Gasteiger partial charge is 0.392 e. The maximum absolute atomic E-state index is 9.78. The summed E-state index contributed by atoms with van der Waals surface area (Å²) in [7, 11) is 0. The van der Waals surface area contributed by atoms with Gasteiger partial charge in [-0.2, -0.15) is 0 Å². The van der Waals surface area contributed by atoms with E-state index in [-0.39, 0.29) is 12.1 Å². The third-order valence-electron chi connectivity index (χ3n) is 3.09. The van der Waals surface area contributed by atoms with Crippen molar-refractivity contribution in [2.24, 2.45) is 5.73 Å². The van der Waals surface area contributed by atoms with Crippen LogP contribution < -0.4 is 5.73 Å². The molecule has 1 saturated carbocycles. The van der Waals surface area contributed by atoms with E-state index in [0.29, 0.717) is 5.25 Å². The molecule has 1 fully saturated rings. The zero-order chi connectivity index (χ0) is 11.5. The molecule has 0 aromatic heterocycles. The van der Waals surface area contributed by atoms with Crippen LogP contribution in [0.5, 0.6) is 0 Å². The predicted octanol–water partition coefficient (Wildman–Crippen LogP) is 2.71. The highest BCUT2D eigenvalue weighted by Gasteiger charge is 2.25. The van der Waals surface area contributed by atoms with Crippen molar-refractivity contribution >= 4 is 11.8 Å².